The molecule has 0 saturated carbocycles. The zero-order chi connectivity index (χ0) is 16.7. The predicted molar refractivity (Wildman–Crippen MR) is 91.8 cm³/mol. The number of hydrogen-bond acceptors (Lipinski definition) is 2. The number of anilines is 1. The second-order valence-electron chi connectivity index (χ2n) is 4.62. The van der Waals surface area contributed by atoms with Crippen LogP contribution in [0.1, 0.15) is 10.4 Å². The highest BCUT2D eigenvalue weighted by Crippen LogP contribution is 2.09. The van der Waals surface area contributed by atoms with Crippen LogP contribution in [0.25, 0.3) is 0 Å². The lowest BCUT2D eigenvalue weighted by atomic mass is 10.2. The van der Waals surface area contributed by atoms with E-state index in [-0.39, 0.29) is 5.91 Å². The maximum Gasteiger partial charge on any atom is 0.320 e. The summed E-state index contributed by atoms with van der Waals surface area (Å²) in [6, 6.07) is 16.9. The Bertz CT molecular complexity index is 651. The lowest BCUT2D eigenvalue weighted by molar-refractivity contribution is 0.0935. The van der Waals surface area contributed by atoms with Crippen LogP contribution in [-0.4, -0.2) is 22.9 Å². The van der Waals surface area contributed by atoms with Crippen molar-refractivity contribution < 1.29 is 9.59 Å². The van der Waals surface area contributed by atoms with Crippen LogP contribution < -0.4 is 16.0 Å². The van der Waals surface area contributed by atoms with E-state index in [1.165, 1.54) is 0 Å². The molecule has 1 atom stereocenters. The van der Waals surface area contributed by atoms with E-state index >= 15 is 0 Å². The van der Waals surface area contributed by atoms with Gasteiger partial charge in [-0.1, -0.05) is 36.4 Å². The summed E-state index contributed by atoms with van der Waals surface area (Å²) in [5.74, 6) is -0.387. The number of amides is 3. The Balaban J connectivity index is 1.96. The summed E-state index contributed by atoms with van der Waals surface area (Å²) in [7, 11) is 0. The zero-order valence-corrected chi connectivity index (χ0v) is 13.5. The number of para-hydroxylation sites is 1. The van der Waals surface area contributed by atoms with E-state index in [0.717, 1.165) is 0 Å². The Hall–Kier alpha value is -2.24. The Labute approximate surface area is 144 Å². The molecule has 0 aromatic heterocycles. The molecular formula is C16H15Cl2N3O2. The number of nitrogens with one attached hydrogen (secondary N) is 3. The number of rotatable bonds is 5. The van der Waals surface area contributed by atoms with Gasteiger partial charge in [0.25, 0.3) is 5.91 Å². The van der Waals surface area contributed by atoms with Crippen molar-refractivity contribution in [2.45, 2.75) is 11.0 Å². The predicted octanol–water partition coefficient (Wildman–Crippen LogP) is 3.37. The molecule has 2 rings (SSSR count). The standard InChI is InChI=1S/C16H15Cl2N3O2/c17-13(18)14(20-15(22)11-7-3-1-4-8-11)21-16(23)19-12-9-5-2-6-10-12/h1-10,13-14H,(H,20,22)(H2,19,21,23)/t14-/m0/s1. The molecule has 3 amide bonds. The number of halogens is 2. The van der Waals surface area contributed by atoms with Gasteiger partial charge in [-0.2, -0.15) is 0 Å². The third-order valence-electron chi connectivity index (χ3n) is 2.89. The molecule has 0 bridgehead atoms. The second-order valence-corrected chi connectivity index (χ2v) is 5.78. The molecule has 3 N–H and O–H groups in total. The van der Waals surface area contributed by atoms with Gasteiger partial charge in [0.15, 0.2) is 0 Å². The summed E-state index contributed by atoms with van der Waals surface area (Å²) in [5, 5.41) is 7.72. The van der Waals surface area contributed by atoms with Crippen molar-refractivity contribution in [2.75, 3.05) is 5.32 Å². The zero-order valence-electron chi connectivity index (χ0n) is 12.0. The third kappa shape index (κ3) is 5.47. The van der Waals surface area contributed by atoms with Gasteiger partial charge in [0, 0.05) is 11.3 Å². The van der Waals surface area contributed by atoms with Crippen molar-refractivity contribution in [3.63, 3.8) is 0 Å². The minimum Gasteiger partial charge on any atom is -0.329 e. The number of hydrogen-bond donors (Lipinski definition) is 3. The Kier molecular flexibility index (Phi) is 6.26. The van der Waals surface area contributed by atoms with Crippen LogP contribution in [0, 0.1) is 0 Å². The monoisotopic (exact) mass is 351 g/mol. The van der Waals surface area contributed by atoms with Gasteiger partial charge in [-0.25, -0.2) is 4.79 Å². The molecule has 2 aromatic carbocycles. The second kappa shape index (κ2) is 8.41. The molecule has 0 radical (unpaired) electrons. The van der Waals surface area contributed by atoms with Crippen LogP contribution in [0.15, 0.2) is 60.7 Å². The molecule has 23 heavy (non-hydrogen) atoms. The lowest BCUT2D eigenvalue weighted by Crippen LogP contribution is -2.52. The highest BCUT2D eigenvalue weighted by molar-refractivity contribution is 6.45. The molecular weight excluding hydrogens is 337 g/mol. The summed E-state index contributed by atoms with van der Waals surface area (Å²) in [5.41, 5.74) is 1.05. The first-order chi connectivity index (χ1) is 11.1. The van der Waals surface area contributed by atoms with E-state index in [1.807, 2.05) is 6.07 Å². The minimum atomic E-state index is -1.01. The fourth-order valence-electron chi connectivity index (χ4n) is 1.81. The molecule has 0 unspecified atom stereocenters. The van der Waals surface area contributed by atoms with Gasteiger partial charge in [-0.15, -0.1) is 23.2 Å². The van der Waals surface area contributed by atoms with E-state index in [4.69, 9.17) is 23.2 Å². The normalized spacial score (nSPS) is 11.6. The van der Waals surface area contributed by atoms with Crippen LogP contribution in [0.2, 0.25) is 0 Å². The fourth-order valence-corrected chi connectivity index (χ4v) is 2.06. The van der Waals surface area contributed by atoms with E-state index in [9.17, 15) is 9.59 Å². The van der Waals surface area contributed by atoms with Crippen molar-refractivity contribution in [2.24, 2.45) is 0 Å². The van der Waals surface area contributed by atoms with Crippen molar-refractivity contribution in [3.8, 4) is 0 Å². The molecule has 7 heteroatoms. The SMILES string of the molecule is O=C(Nc1ccccc1)N[C@H](NC(=O)c1ccccc1)C(Cl)Cl. The van der Waals surface area contributed by atoms with Crippen LogP contribution in [0.4, 0.5) is 10.5 Å². The van der Waals surface area contributed by atoms with E-state index in [1.54, 1.807) is 54.6 Å². The van der Waals surface area contributed by atoms with Crippen LogP contribution >= 0.6 is 23.2 Å². The highest BCUT2D eigenvalue weighted by atomic mass is 35.5. The van der Waals surface area contributed by atoms with Crippen LogP contribution in [0.5, 0.6) is 0 Å². The van der Waals surface area contributed by atoms with Crippen molar-refractivity contribution in [3.05, 3.63) is 66.2 Å². The van der Waals surface area contributed by atoms with Gasteiger partial charge in [0.2, 0.25) is 0 Å². The molecule has 0 fully saturated rings. The van der Waals surface area contributed by atoms with E-state index in [2.05, 4.69) is 16.0 Å². The van der Waals surface area contributed by atoms with Gasteiger partial charge in [0.05, 0.1) is 0 Å². The van der Waals surface area contributed by atoms with Crippen LogP contribution in [-0.2, 0) is 0 Å². The van der Waals surface area contributed by atoms with Gasteiger partial charge in [-0.05, 0) is 24.3 Å². The summed E-state index contributed by atoms with van der Waals surface area (Å²) >= 11 is 11.7. The van der Waals surface area contributed by atoms with Crippen molar-refractivity contribution >= 4 is 40.8 Å². The number of alkyl halides is 2. The fraction of sp³-hybridized carbons (Fsp3) is 0.125. The molecule has 2 aromatic rings. The summed E-state index contributed by atoms with van der Waals surface area (Å²) in [6.07, 6.45) is -0.935. The van der Waals surface area contributed by atoms with Gasteiger partial charge in [-0.3, -0.25) is 4.79 Å². The molecule has 5 nitrogen and oxygen atoms in total. The average molecular weight is 352 g/mol. The maximum absolute atomic E-state index is 12.1. The molecule has 0 aliphatic carbocycles. The topological polar surface area (TPSA) is 70.2 Å². The molecule has 0 aliphatic heterocycles. The molecule has 120 valence electrons. The lowest BCUT2D eigenvalue weighted by Gasteiger charge is -2.21. The van der Waals surface area contributed by atoms with Gasteiger partial charge in [0.1, 0.15) is 11.0 Å². The maximum atomic E-state index is 12.1. The molecule has 0 spiro atoms. The largest absolute Gasteiger partial charge is 0.329 e. The number of carbonyl (C=O) groups is 2. The Morgan fingerprint density at radius 3 is 1.96 bits per heavy atom. The number of benzene rings is 2. The first-order valence-corrected chi connectivity index (χ1v) is 7.70. The third-order valence-corrected chi connectivity index (χ3v) is 3.40. The summed E-state index contributed by atoms with van der Waals surface area (Å²) in [6.45, 7) is 0. The summed E-state index contributed by atoms with van der Waals surface area (Å²) < 4.78 is 0. The van der Waals surface area contributed by atoms with Gasteiger partial charge < -0.3 is 16.0 Å². The van der Waals surface area contributed by atoms with E-state index in [0.29, 0.717) is 11.3 Å². The van der Waals surface area contributed by atoms with Crippen LogP contribution in [0.3, 0.4) is 0 Å². The van der Waals surface area contributed by atoms with E-state index < -0.39 is 17.0 Å². The van der Waals surface area contributed by atoms with Gasteiger partial charge >= 0.3 is 6.03 Å². The highest BCUT2D eigenvalue weighted by Gasteiger charge is 2.22. The Morgan fingerprint density at radius 1 is 0.826 bits per heavy atom. The first kappa shape index (κ1) is 17.1. The number of urea groups is 1. The smallest absolute Gasteiger partial charge is 0.320 e. The Morgan fingerprint density at radius 2 is 1.39 bits per heavy atom. The molecule has 0 aliphatic rings. The molecule has 0 saturated heterocycles. The van der Waals surface area contributed by atoms with Crippen molar-refractivity contribution in [1.29, 1.82) is 0 Å². The van der Waals surface area contributed by atoms with Crippen molar-refractivity contribution in [1.82, 2.24) is 10.6 Å². The number of carbonyl (C=O) groups excluding carboxylic acids is 2. The first-order valence-electron chi connectivity index (χ1n) is 6.83. The summed E-state index contributed by atoms with van der Waals surface area (Å²) in [4.78, 5) is 23.0. The molecule has 0 heterocycles. The quantitative estimate of drug-likeness (QED) is 0.570. The minimum absolute atomic E-state index is 0.387. The average Bonchev–Trinajstić information content (AvgIpc) is 2.55.